The molecule has 1 heterocycles. The molecule has 1 amide bonds. The minimum Gasteiger partial charge on any atom is -0.497 e. The number of para-hydroxylation sites is 1. The van der Waals surface area contributed by atoms with Gasteiger partial charge in [-0.05, 0) is 85.3 Å². The molecule has 0 fully saturated rings. The van der Waals surface area contributed by atoms with Crippen LogP contribution in [-0.2, 0) is 10.0 Å². The molecular weight excluding hydrogens is 506 g/mol. The van der Waals surface area contributed by atoms with Crippen LogP contribution in [0, 0.1) is 6.92 Å². The first-order valence-corrected chi connectivity index (χ1v) is 13.7. The lowest BCUT2D eigenvalue weighted by Crippen LogP contribution is -2.18. The largest absolute Gasteiger partial charge is 0.497 e. The monoisotopic (exact) mass is 529 g/mol. The van der Waals surface area contributed by atoms with E-state index in [1.165, 1.54) is 24.8 Å². The van der Waals surface area contributed by atoms with Crippen LogP contribution in [-0.4, -0.2) is 26.4 Å². The summed E-state index contributed by atoms with van der Waals surface area (Å²) < 4.78 is 34.5. The maximum atomic E-state index is 13.1. The number of nitrogens with one attached hydrogen (secondary N) is 2. The van der Waals surface area contributed by atoms with Gasteiger partial charge in [-0.15, -0.1) is 11.3 Å². The highest BCUT2D eigenvalue weighted by Gasteiger charge is 2.19. The van der Waals surface area contributed by atoms with E-state index >= 15 is 0 Å². The first-order chi connectivity index (χ1) is 17.8. The third kappa shape index (κ3) is 5.32. The van der Waals surface area contributed by atoms with Crippen molar-refractivity contribution in [1.29, 1.82) is 0 Å². The van der Waals surface area contributed by atoms with Gasteiger partial charge in [0.15, 0.2) is 0 Å². The summed E-state index contributed by atoms with van der Waals surface area (Å²) in [5, 5.41) is 3.74. The average molecular weight is 530 g/mol. The van der Waals surface area contributed by atoms with Gasteiger partial charge in [-0.1, -0.05) is 18.2 Å². The van der Waals surface area contributed by atoms with Gasteiger partial charge in [-0.2, -0.15) is 0 Å². The Balaban J connectivity index is 1.33. The van der Waals surface area contributed by atoms with Crippen molar-refractivity contribution in [2.75, 3.05) is 17.1 Å². The zero-order valence-corrected chi connectivity index (χ0v) is 21.7. The molecule has 5 rings (SSSR count). The van der Waals surface area contributed by atoms with Crippen molar-refractivity contribution in [2.45, 2.75) is 11.8 Å². The number of carbonyl (C=O) groups is 1. The Labute approximate surface area is 218 Å². The number of aromatic nitrogens is 1. The molecule has 0 bridgehead atoms. The zero-order chi connectivity index (χ0) is 26.0. The van der Waals surface area contributed by atoms with Gasteiger partial charge in [0.1, 0.15) is 10.8 Å². The molecule has 0 saturated carbocycles. The number of nitrogens with zero attached hydrogens (tertiary/aromatic N) is 1. The summed E-state index contributed by atoms with van der Waals surface area (Å²) in [6.07, 6.45) is 0. The Bertz CT molecular complexity index is 1690. The number of benzene rings is 4. The summed E-state index contributed by atoms with van der Waals surface area (Å²) in [7, 11) is -2.40. The number of rotatable bonds is 7. The molecule has 0 radical (unpaired) electrons. The predicted molar refractivity (Wildman–Crippen MR) is 148 cm³/mol. The van der Waals surface area contributed by atoms with Crippen molar-refractivity contribution >= 4 is 48.9 Å². The van der Waals surface area contributed by atoms with Crippen LogP contribution in [0.5, 0.6) is 5.75 Å². The van der Waals surface area contributed by atoms with E-state index in [9.17, 15) is 13.2 Å². The lowest BCUT2D eigenvalue weighted by Gasteiger charge is -2.13. The predicted octanol–water partition coefficient (Wildman–Crippen LogP) is 6.33. The van der Waals surface area contributed by atoms with Crippen molar-refractivity contribution < 1.29 is 17.9 Å². The van der Waals surface area contributed by atoms with E-state index in [-0.39, 0.29) is 16.1 Å². The van der Waals surface area contributed by atoms with Crippen molar-refractivity contribution in [2.24, 2.45) is 0 Å². The summed E-state index contributed by atoms with van der Waals surface area (Å²) >= 11 is 1.62. The second-order valence-electron chi connectivity index (χ2n) is 8.35. The second-order valence-corrected chi connectivity index (χ2v) is 11.1. The highest BCUT2D eigenvalue weighted by atomic mass is 32.2. The number of methoxy groups -OCH3 is 1. The highest BCUT2D eigenvalue weighted by molar-refractivity contribution is 7.92. The van der Waals surface area contributed by atoms with Gasteiger partial charge < -0.3 is 10.1 Å². The topological polar surface area (TPSA) is 97.4 Å². The molecule has 37 heavy (non-hydrogen) atoms. The van der Waals surface area contributed by atoms with Crippen LogP contribution in [0.15, 0.2) is 95.9 Å². The Morgan fingerprint density at radius 1 is 0.919 bits per heavy atom. The van der Waals surface area contributed by atoms with Crippen LogP contribution in [0.25, 0.3) is 20.8 Å². The van der Waals surface area contributed by atoms with Gasteiger partial charge in [0, 0.05) is 11.3 Å². The molecule has 0 unspecified atom stereocenters. The zero-order valence-electron chi connectivity index (χ0n) is 20.1. The maximum absolute atomic E-state index is 13.1. The fourth-order valence-corrected chi connectivity index (χ4v) is 5.93. The molecule has 9 heteroatoms. The normalized spacial score (nSPS) is 11.3. The van der Waals surface area contributed by atoms with E-state index in [2.05, 4.69) is 23.0 Å². The van der Waals surface area contributed by atoms with E-state index in [0.717, 1.165) is 20.8 Å². The summed E-state index contributed by atoms with van der Waals surface area (Å²) in [6.45, 7) is 2.05. The van der Waals surface area contributed by atoms with E-state index in [0.29, 0.717) is 11.4 Å². The van der Waals surface area contributed by atoms with Gasteiger partial charge in [0.25, 0.3) is 15.9 Å². The number of ether oxygens (including phenoxy) is 1. The Morgan fingerprint density at radius 3 is 2.38 bits per heavy atom. The van der Waals surface area contributed by atoms with Gasteiger partial charge in [-0.25, -0.2) is 13.4 Å². The third-order valence-corrected chi connectivity index (χ3v) is 8.17. The van der Waals surface area contributed by atoms with Crippen LogP contribution in [0.2, 0.25) is 0 Å². The molecule has 1 aromatic heterocycles. The molecule has 7 nitrogen and oxygen atoms in total. The number of thiazole rings is 1. The van der Waals surface area contributed by atoms with E-state index in [1.807, 2.05) is 24.3 Å². The van der Waals surface area contributed by atoms with Crippen LogP contribution in [0.4, 0.5) is 11.4 Å². The minimum absolute atomic E-state index is 0.0594. The SMILES string of the molecule is COc1ccc(S(=O)(=O)Nc2ccccc2C(=O)Nc2ccc(-c3nc4ccc(C)cc4s3)cc2)cc1. The van der Waals surface area contributed by atoms with Crippen molar-refractivity contribution in [3.8, 4) is 16.3 Å². The molecule has 0 aliphatic carbocycles. The summed E-state index contributed by atoms with van der Waals surface area (Å²) in [5.74, 6) is 0.110. The first-order valence-electron chi connectivity index (χ1n) is 11.4. The highest BCUT2D eigenvalue weighted by Crippen LogP contribution is 2.31. The Kier molecular flexibility index (Phi) is 6.64. The van der Waals surface area contributed by atoms with Crippen LogP contribution < -0.4 is 14.8 Å². The lowest BCUT2D eigenvalue weighted by atomic mass is 10.1. The average Bonchev–Trinajstić information content (AvgIpc) is 3.32. The lowest BCUT2D eigenvalue weighted by molar-refractivity contribution is 0.102. The van der Waals surface area contributed by atoms with Crippen LogP contribution >= 0.6 is 11.3 Å². The number of hydrogen-bond donors (Lipinski definition) is 2. The van der Waals surface area contributed by atoms with Crippen molar-refractivity contribution in [1.82, 2.24) is 4.98 Å². The van der Waals surface area contributed by atoms with E-state index < -0.39 is 15.9 Å². The van der Waals surface area contributed by atoms with Crippen molar-refractivity contribution in [3.63, 3.8) is 0 Å². The van der Waals surface area contributed by atoms with Gasteiger partial charge in [-0.3, -0.25) is 9.52 Å². The van der Waals surface area contributed by atoms with E-state index in [1.54, 1.807) is 59.9 Å². The first kappa shape index (κ1) is 24.5. The summed E-state index contributed by atoms with van der Waals surface area (Å²) in [5.41, 5.74) is 4.05. The molecule has 2 N–H and O–H groups in total. The number of carbonyl (C=O) groups excluding carboxylic acids is 1. The van der Waals surface area contributed by atoms with E-state index in [4.69, 9.17) is 9.72 Å². The number of anilines is 2. The minimum atomic E-state index is -3.91. The van der Waals surface area contributed by atoms with Gasteiger partial charge in [0.2, 0.25) is 0 Å². The summed E-state index contributed by atoms with van der Waals surface area (Å²) in [6, 6.07) is 26.0. The number of amides is 1. The van der Waals surface area contributed by atoms with Crippen LogP contribution in [0.3, 0.4) is 0 Å². The molecule has 5 aromatic rings. The number of aryl methyl sites for hydroxylation is 1. The molecule has 0 spiro atoms. The molecule has 186 valence electrons. The number of sulfonamides is 1. The van der Waals surface area contributed by atoms with Crippen molar-refractivity contribution in [3.05, 3.63) is 102 Å². The Morgan fingerprint density at radius 2 is 1.65 bits per heavy atom. The molecule has 0 aliphatic heterocycles. The Hall–Kier alpha value is -4.21. The number of fused-ring (bicyclic) bond motifs is 1. The third-order valence-electron chi connectivity index (χ3n) is 5.72. The molecular formula is C28H23N3O4S2. The fraction of sp³-hybridized carbons (Fsp3) is 0.0714. The smallest absolute Gasteiger partial charge is 0.261 e. The molecule has 0 atom stereocenters. The quantitative estimate of drug-likeness (QED) is 0.257. The fourth-order valence-electron chi connectivity index (χ4n) is 3.78. The summed E-state index contributed by atoms with van der Waals surface area (Å²) in [4.78, 5) is 17.8. The maximum Gasteiger partial charge on any atom is 0.261 e. The molecule has 0 saturated heterocycles. The molecule has 4 aromatic carbocycles. The number of hydrogen-bond acceptors (Lipinski definition) is 6. The van der Waals surface area contributed by atoms with Gasteiger partial charge in [0.05, 0.1) is 33.5 Å². The van der Waals surface area contributed by atoms with Gasteiger partial charge >= 0.3 is 0 Å². The standard InChI is InChI=1S/C28H23N3O4S2/c1-18-7-16-25-26(17-18)36-28(30-25)19-8-10-20(11-9-19)29-27(32)23-5-3-4-6-24(23)31-37(33,34)22-14-12-21(35-2)13-15-22/h3-17,31H,1-2H3,(H,29,32). The molecule has 0 aliphatic rings. The van der Waals surface area contributed by atoms with Crippen LogP contribution in [0.1, 0.15) is 15.9 Å². The second kappa shape index (κ2) is 10.0.